The summed E-state index contributed by atoms with van der Waals surface area (Å²) in [4.78, 5) is 34.6. The van der Waals surface area contributed by atoms with Crippen LogP contribution in [0.15, 0.2) is 18.6 Å². The van der Waals surface area contributed by atoms with Gasteiger partial charge in [0.2, 0.25) is 5.95 Å². The molecule has 4 heterocycles. The molecule has 3 aromatic heterocycles. The van der Waals surface area contributed by atoms with Crippen LogP contribution in [0.2, 0.25) is 5.15 Å². The van der Waals surface area contributed by atoms with E-state index in [9.17, 15) is 4.79 Å². The number of nitrogens with zero attached hydrogens (tertiary/aromatic N) is 5. The lowest BCUT2D eigenvalue weighted by molar-refractivity contribution is -0.113. The average molecular weight is 456 g/mol. The summed E-state index contributed by atoms with van der Waals surface area (Å²) in [5, 5.41) is 0.104. The van der Waals surface area contributed by atoms with Crippen LogP contribution in [0, 0.1) is 13.8 Å². The van der Waals surface area contributed by atoms with Crippen molar-refractivity contribution in [3.05, 3.63) is 52.0 Å². The number of halogens is 1. The van der Waals surface area contributed by atoms with Crippen molar-refractivity contribution in [2.45, 2.75) is 40.7 Å². The number of nitrogens with two attached hydrogens (primary N) is 1. The van der Waals surface area contributed by atoms with E-state index >= 15 is 0 Å². The highest BCUT2D eigenvalue weighted by atomic mass is 35.5. The third-order valence-electron chi connectivity index (χ3n) is 4.72. The van der Waals surface area contributed by atoms with Crippen molar-refractivity contribution in [2.24, 2.45) is 0 Å². The maximum atomic E-state index is 13.3. The lowest BCUT2D eigenvalue weighted by atomic mass is 10.1. The number of pyridine rings is 1. The molecule has 0 spiro atoms. The molecular formula is C22H26ClN7O2. The Labute approximate surface area is 191 Å². The number of aromatic nitrogens is 5. The number of carbonyl (C=O) groups is 1. The lowest BCUT2D eigenvalue weighted by Crippen LogP contribution is -2.27. The van der Waals surface area contributed by atoms with Gasteiger partial charge in [-0.25, -0.2) is 9.97 Å². The molecule has 1 aliphatic rings. The Morgan fingerprint density at radius 1 is 1.25 bits per heavy atom. The summed E-state index contributed by atoms with van der Waals surface area (Å²) >= 11 is 6.33. The predicted octanol–water partition coefficient (Wildman–Crippen LogP) is 3.96. The van der Waals surface area contributed by atoms with Crippen LogP contribution in [-0.4, -0.2) is 37.9 Å². The first-order valence-corrected chi connectivity index (χ1v) is 10.5. The molecule has 0 atom stereocenters. The molecule has 0 saturated heterocycles. The van der Waals surface area contributed by atoms with Crippen LogP contribution >= 0.6 is 11.6 Å². The molecule has 0 aliphatic carbocycles. The lowest BCUT2D eigenvalue weighted by Gasteiger charge is -2.18. The Hall–Kier alpha value is -3.46. The van der Waals surface area contributed by atoms with Crippen molar-refractivity contribution in [1.82, 2.24) is 24.9 Å². The first kappa shape index (κ1) is 23.2. The van der Waals surface area contributed by atoms with Crippen molar-refractivity contribution in [2.75, 3.05) is 17.7 Å². The summed E-state index contributed by atoms with van der Waals surface area (Å²) in [7, 11) is 1.60. The number of hydrogen-bond donors (Lipinski definition) is 2. The molecule has 3 aromatic rings. The van der Waals surface area contributed by atoms with Gasteiger partial charge in [-0.2, -0.15) is 4.98 Å². The van der Waals surface area contributed by atoms with E-state index in [1.54, 1.807) is 31.8 Å². The first-order valence-electron chi connectivity index (χ1n) is 10.2. The van der Waals surface area contributed by atoms with E-state index in [0.29, 0.717) is 28.5 Å². The summed E-state index contributed by atoms with van der Waals surface area (Å²) in [5.41, 5.74) is 8.98. The summed E-state index contributed by atoms with van der Waals surface area (Å²) in [6.07, 6.45) is 7.83. The highest BCUT2D eigenvalue weighted by Crippen LogP contribution is 2.41. The fourth-order valence-electron chi connectivity index (χ4n) is 3.37. The van der Waals surface area contributed by atoms with Crippen LogP contribution in [0.4, 0.5) is 11.8 Å². The van der Waals surface area contributed by atoms with Gasteiger partial charge in [-0.3, -0.25) is 14.7 Å². The third kappa shape index (κ3) is 4.43. The summed E-state index contributed by atoms with van der Waals surface area (Å²) in [6.45, 7) is 8.24. The number of nitrogens with one attached hydrogen (secondary N) is 1. The second-order valence-electron chi connectivity index (χ2n) is 7.25. The smallest absolute Gasteiger partial charge is 0.260 e. The molecule has 0 bridgehead atoms. The van der Waals surface area contributed by atoms with E-state index < -0.39 is 0 Å². The fourth-order valence-corrected chi connectivity index (χ4v) is 3.64. The van der Waals surface area contributed by atoms with Gasteiger partial charge in [0.15, 0.2) is 5.82 Å². The third-order valence-corrected chi connectivity index (χ3v) is 5.00. The van der Waals surface area contributed by atoms with Crippen LogP contribution in [-0.2, 0) is 11.3 Å². The topological polar surface area (TPSA) is 123 Å². The average Bonchev–Trinajstić information content (AvgIpc) is 3.33. The zero-order valence-electron chi connectivity index (χ0n) is 18.7. The number of fused-ring (bicyclic) bond motifs is 1. The van der Waals surface area contributed by atoms with Gasteiger partial charge in [0.25, 0.3) is 5.91 Å². The summed E-state index contributed by atoms with van der Waals surface area (Å²) in [5.74, 6) is 1.27. The number of rotatable bonds is 4. The minimum atomic E-state index is -0.293. The molecule has 1 amide bonds. The number of imidazole rings is 1. The highest BCUT2D eigenvalue weighted by molar-refractivity contribution is 6.41. The Kier molecular flexibility index (Phi) is 7.09. The van der Waals surface area contributed by atoms with Crippen LogP contribution in [0.25, 0.3) is 11.6 Å². The second kappa shape index (κ2) is 9.78. The Morgan fingerprint density at radius 3 is 2.59 bits per heavy atom. The van der Waals surface area contributed by atoms with Crippen molar-refractivity contribution < 1.29 is 9.53 Å². The van der Waals surface area contributed by atoms with Gasteiger partial charge in [-0.05, 0) is 19.9 Å². The van der Waals surface area contributed by atoms with Gasteiger partial charge in [0.05, 0.1) is 30.5 Å². The number of nitrogen functional groups attached to an aromatic ring is 1. The first-order chi connectivity index (χ1) is 15.3. The molecule has 0 unspecified atom stereocenters. The van der Waals surface area contributed by atoms with Crippen LogP contribution < -0.4 is 15.4 Å². The molecule has 9 nitrogen and oxygen atoms in total. The molecular weight excluding hydrogens is 430 g/mol. The molecule has 168 valence electrons. The van der Waals surface area contributed by atoms with Crippen molar-refractivity contribution in [3.8, 4) is 5.75 Å². The number of aromatic amines is 1. The van der Waals surface area contributed by atoms with E-state index in [1.165, 1.54) is 11.3 Å². The van der Waals surface area contributed by atoms with Crippen LogP contribution in [0.5, 0.6) is 5.75 Å². The minimum Gasteiger partial charge on any atom is -0.496 e. The largest absolute Gasteiger partial charge is 0.496 e. The van der Waals surface area contributed by atoms with E-state index in [4.69, 9.17) is 22.1 Å². The van der Waals surface area contributed by atoms with Crippen LogP contribution in [0.1, 0.15) is 48.5 Å². The molecule has 0 aromatic carbocycles. The number of amides is 1. The van der Waals surface area contributed by atoms with Gasteiger partial charge in [0, 0.05) is 29.7 Å². The number of hydrogen-bond acceptors (Lipinski definition) is 7. The molecule has 0 fully saturated rings. The standard InChI is InChI=1S/C19H18ClN7O2.C3H8/c1-9-7-24-12(10(2)15(9)29-3)8-27-17-14(16(20)25-19(21)26-17)11(18(27)28)6-13-22-4-5-23-13;1-3-2/h4-7H,8H2,1-3H3,(H,22,23)(H2,21,25,26);3H2,1-2H3/b11-6-;. The zero-order valence-corrected chi connectivity index (χ0v) is 19.5. The fraction of sp³-hybridized carbons (Fsp3) is 0.318. The van der Waals surface area contributed by atoms with Gasteiger partial charge >= 0.3 is 0 Å². The number of methoxy groups -OCH3 is 1. The van der Waals surface area contributed by atoms with Crippen LogP contribution in [0.3, 0.4) is 0 Å². The van der Waals surface area contributed by atoms with Crippen molar-refractivity contribution >= 4 is 40.9 Å². The number of H-pyrrole nitrogens is 1. The highest BCUT2D eigenvalue weighted by Gasteiger charge is 2.37. The predicted molar refractivity (Wildman–Crippen MR) is 125 cm³/mol. The van der Waals surface area contributed by atoms with Crippen molar-refractivity contribution in [3.63, 3.8) is 0 Å². The number of aryl methyl sites for hydroxylation is 1. The van der Waals surface area contributed by atoms with Gasteiger partial charge in [-0.1, -0.05) is 31.9 Å². The Morgan fingerprint density at radius 2 is 1.97 bits per heavy atom. The molecule has 4 rings (SSSR count). The van der Waals surface area contributed by atoms with E-state index in [-0.39, 0.29) is 23.6 Å². The number of anilines is 2. The number of ether oxygens (including phenoxy) is 1. The van der Waals surface area contributed by atoms with E-state index in [0.717, 1.165) is 16.9 Å². The maximum absolute atomic E-state index is 13.3. The Bertz CT molecular complexity index is 1160. The SMILES string of the molecule is CCC.COc1c(C)cnc(CN2C(=O)/C(=C\c3ncc[nH]3)c3c(Cl)nc(N)nc32)c1C. The molecule has 0 radical (unpaired) electrons. The summed E-state index contributed by atoms with van der Waals surface area (Å²) in [6, 6.07) is 0. The van der Waals surface area contributed by atoms with Gasteiger partial charge in [0.1, 0.15) is 16.7 Å². The monoisotopic (exact) mass is 455 g/mol. The molecule has 0 saturated carbocycles. The van der Waals surface area contributed by atoms with E-state index in [1.807, 2.05) is 13.8 Å². The minimum absolute atomic E-state index is 0.0167. The molecule has 32 heavy (non-hydrogen) atoms. The Balaban J connectivity index is 0.000000913. The molecule has 3 N–H and O–H groups in total. The molecule has 10 heteroatoms. The van der Waals surface area contributed by atoms with E-state index in [2.05, 4.69) is 38.8 Å². The van der Waals surface area contributed by atoms with Crippen molar-refractivity contribution in [1.29, 1.82) is 0 Å². The second-order valence-corrected chi connectivity index (χ2v) is 7.61. The zero-order chi connectivity index (χ0) is 23.4. The molecule has 1 aliphatic heterocycles. The normalized spacial score (nSPS) is 13.8. The summed E-state index contributed by atoms with van der Waals surface area (Å²) < 4.78 is 5.47. The van der Waals surface area contributed by atoms with Gasteiger partial charge < -0.3 is 15.5 Å². The maximum Gasteiger partial charge on any atom is 0.260 e. The number of carbonyl (C=O) groups excluding carboxylic acids is 1. The van der Waals surface area contributed by atoms with Gasteiger partial charge in [-0.15, -0.1) is 0 Å². The quantitative estimate of drug-likeness (QED) is 0.450.